The Hall–Kier alpha value is -1.96. The van der Waals surface area contributed by atoms with Gasteiger partial charge in [0.25, 0.3) is 0 Å². The van der Waals surface area contributed by atoms with E-state index in [4.69, 9.17) is 4.74 Å². The molecule has 0 saturated carbocycles. The lowest BCUT2D eigenvalue weighted by molar-refractivity contribution is 0.406. The summed E-state index contributed by atoms with van der Waals surface area (Å²) in [5.41, 5.74) is 4.97. The van der Waals surface area contributed by atoms with Crippen LogP contribution in [0, 0.1) is 20.8 Å². The summed E-state index contributed by atoms with van der Waals surface area (Å²) >= 11 is 0. The van der Waals surface area contributed by atoms with Crippen LogP contribution in [0.4, 0.5) is 0 Å². The number of aromatic hydroxyl groups is 1. The van der Waals surface area contributed by atoms with Crippen LogP contribution in [0.3, 0.4) is 0 Å². The Morgan fingerprint density at radius 1 is 1.00 bits per heavy atom. The second kappa shape index (κ2) is 4.73. The van der Waals surface area contributed by atoms with Crippen molar-refractivity contribution in [1.29, 1.82) is 0 Å². The van der Waals surface area contributed by atoms with E-state index in [0.717, 1.165) is 33.6 Å². The molecule has 0 spiro atoms. The summed E-state index contributed by atoms with van der Waals surface area (Å²) < 4.78 is 5.42. The molecule has 0 heterocycles. The van der Waals surface area contributed by atoms with E-state index in [1.165, 1.54) is 0 Å². The van der Waals surface area contributed by atoms with E-state index >= 15 is 0 Å². The van der Waals surface area contributed by atoms with E-state index < -0.39 is 0 Å². The van der Waals surface area contributed by atoms with Crippen LogP contribution >= 0.6 is 0 Å². The smallest absolute Gasteiger partial charge is 0.125 e. The molecule has 0 saturated heterocycles. The number of hydrogen-bond donors (Lipinski definition) is 1. The highest BCUT2D eigenvalue weighted by atomic mass is 16.5. The molecule has 0 bridgehead atoms. The molecule has 2 aromatic carbocycles. The number of benzene rings is 2. The number of ether oxygens (including phenoxy) is 1. The zero-order chi connectivity index (χ0) is 13.3. The molecule has 94 valence electrons. The summed E-state index contributed by atoms with van der Waals surface area (Å²) in [4.78, 5) is 0. The van der Waals surface area contributed by atoms with Crippen LogP contribution in [0.25, 0.3) is 11.1 Å². The molecule has 0 fully saturated rings. The Morgan fingerprint density at radius 3 is 2.28 bits per heavy atom. The second-order valence-electron chi connectivity index (χ2n) is 4.56. The van der Waals surface area contributed by atoms with Gasteiger partial charge in [0.2, 0.25) is 0 Å². The molecule has 18 heavy (non-hydrogen) atoms. The Labute approximate surface area is 108 Å². The van der Waals surface area contributed by atoms with Crippen LogP contribution in [0.5, 0.6) is 11.5 Å². The topological polar surface area (TPSA) is 29.5 Å². The summed E-state index contributed by atoms with van der Waals surface area (Å²) in [6, 6.07) is 9.80. The Balaban J connectivity index is 2.76. The highest BCUT2D eigenvalue weighted by Crippen LogP contribution is 2.40. The number of methoxy groups -OCH3 is 1. The Bertz CT molecular complexity index is 586. The van der Waals surface area contributed by atoms with Gasteiger partial charge in [0.15, 0.2) is 0 Å². The van der Waals surface area contributed by atoms with Gasteiger partial charge >= 0.3 is 0 Å². The van der Waals surface area contributed by atoms with Gasteiger partial charge in [-0.1, -0.05) is 24.3 Å². The van der Waals surface area contributed by atoms with Gasteiger partial charge in [-0.2, -0.15) is 0 Å². The summed E-state index contributed by atoms with van der Waals surface area (Å²) in [5, 5.41) is 10.2. The molecule has 0 unspecified atom stereocenters. The lowest BCUT2D eigenvalue weighted by atomic mass is 9.93. The predicted octanol–water partition coefficient (Wildman–Crippen LogP) is 3.99. The molecule has 2 heteroatoms. The minimum absolute atomic E-state index is 0.306. The number of phenols is 1. The van der Waals surface area contributed by atoms with Crippen LogP contribution in [-0.2, 0) is 0 Å². The highest BCUT2D eigenvalue weighted by molar-refractivity contribution is 5.79. The van der Waals surface area contributed by atoms with Gasteiger partial charge in [-0.15, -0.1) is 0 Å². The third-order valence-corrected chi connectivity index (χ3v) is 3.30. The van der Waals surface area contributed by atoms with Crippen LogP contribution in [-0.4, -0.2) is 12.2 Å². The first kappa shape index (κ1) is 12.5. The molecule has 1 N–H and O–H groups in total. The third kappa shape index (κ3) is 1.94. The summed E-state index contributed by atoms with van der Waals surface area (Å²) in [7, 11) is 1.66. The summed E-state index contributed by atoms with van der Waals surface area (Å²) in [6.45, 7) is 5.96. The lowest BCUT2D eigenvalue weighted by Crippen LogP contribution is -1.95. The SMILES string of the molecule is COc1c(C)cc(O)c(-c2ccccc2C)c1C. The minimum Gasteiger partial charge on any atom is -0.507 e. The van der Waals surface area contributed by atoms with E-state index in [1.54, 1.807) is 13.2 Å². The molecule has 2 aromatic rings. The summed E-state index contributed by atoms with van der Waals surface area (Å²) in [5.74, 6) is 1.14. The molecule has 0 radical (unpaired) electrons. The number of rotatable bonds is 2. The van der Waals surface area contributed by atoms with Crippen molar-refractivity contribution in [2.75, 3.05) is 7.11 Å². The Kier molecular flexibility index (Phi) is 3.28. The van der Waals surface area contributed by atoms with E-state index in [2.05, 4.69) is 0 Å². The summed E-state index contributed by atoms with van der Waals surface area (Å²) in [6.07, 6.45) is 0. The van der Waals surface area contributed by atoms with Crippen LogP contribution in [0.2, 0.25) is 0 Å². The maximum absolute atomic E-state index is 10.2. The van der Waals surface area contributed by atoms with Gasteiger partial charge in [0.1, 0.15) is 11.5 Å². The van der Waals surface area contributed by atoms with Crippen molar-refractivity contribution in [1.82, 2.24) is 0 Å². The van der Waals surface area contributed by atoms with Crippen molar-refractivity contribution >= 4 is 0 Å². The van der Waals surface area contributed by atoms with Crippen LogP contribution < -0.4 is 4.74 Å². The fraction of sp³-hybridized carbons (Fsp3) is 0.250. The quantitative estimate of drug-likeness (QED) is 0.862. The molecule has 0 aromatic heterocycles. The lowest BCUT2D eigenvalue weighted by Gasteiger charge is -2.16. The van der Waals surface area contributed by atoms with Crippen molar-refractivity contribution in [2.24, 2.45) is 0 Å². The van der Waals surface area contributed by atoms with E-state index in [0.29, 0.717) is 5.75 Å². The van der Waals surface area contributed by atoms with E-state index in [-0.39, 0.29) is 0 Å². The van der Waals surface area contributed by atoms with Crippen LogP contribution in [0.1, 0.15) is 16.7 Å². The molecule has 2 rings (SSSR count). The Morgan fingerprint density at radius 2 is 1.67 bits per heavy atom. The van der Waals surface area contributed by atoms with Crippen LogP contribution in [0.15, 0.2) is 30.3 Å². The fourth-order valence-corrected chi connectivity index (χ4v) is 2.45. The van der Waals surface area contributed by atoms with Gasteiger partial charge < -0.3 is 9.84 Å². The first-order valence-electron chi connectivity index (χ1n) is 5.99. The molecule has 0 aliphatic heterocycles. The third-order valence-electron chi connectivity index (χ3n) is 3.30. The average Bonchev–Trinajstić information content (AvgIpc) is 2.31. The number of hydrogen-bond acceptors (Lipinski definition) is 2. The largest absolute Gasteiger partial charge is 0.507 e. The number of aryl methyl sites for hydroxylation is 2. The maximum atomic E-state index is 10.2. The number of phenolic OH excluding ortho intramolecular Hbond substituents is 1. The molecule has 0 aliphatic carbocycles. The van der Waals surface area contributed by atoms with Crippen molar-refractivity contribution in [2.45, 2.75) is 20.8 Å². The molecular weight excluding hydrogens is 224 g/mol. The van der Waals surface area contributed by atoms with Crippen molar-refractivity contribution in [3.8, 4) is 22.6 Å². The monoisotopic (exact) mass is 242 g/mol. The highest BCUT2D eigenvalue weighted by Gasteiger charge is 2.15. The first-order chi connectivity index (χ1) is 8.56. The minimum atomic E-state index is 0.306. The van der Waals surface area contributed by atoms with E-state index in [9.17, 15) is 5.11 Å². The van der Waals surface area contributed by atoms with Gasteiger partial charge in [-0.25, -0.2) is 0 Å². The van der Waals surface area contributed by atoms with Gasteiger partial charge in [-0.3, -0.25) is 0 Å². The average molecular weight is 242 g/mol. The van der Waals surface area contributed by atoms with Gasteiger partial charge in [0, 0.05) is 11.1 Å². The fourth-order valence-electron chi connectivity index (χ4n) is 2.45. The van der Waals surface area contributed by atoms with E-state index in [1.807, 2.05) is 45.0 Å². The molecule has 0 amide bonds. The zero-order valence-electron chi connectivity index (χ0n) is 11.2. The van der Waals surface area contributed by atoms with Crippen molar-refractivity contribution < 1.29 is 9.84 Å². The normalized spacial score (nSPS) is 10.4. The molecular formula is C16H18O2. The van der Waals surface area contributed by atoms with Gasteiger partial charge in [0.05, 0.1) is 7.11 Å². The zero-order valence-corrected chi connectivity index (χ0v) is 11.2. The standard InChI is InChI=1S/C16H18O2/c1-10-7-5-6-8-13(10)15-12(3)16(18-4)11(2)9-14(15)17/h5-9,17H,1-4H3. The molecule has 0 aliphatic rings. The van der Waals surface area contributed by atoms with Crippen molar-refractivity contribution in [3.63, 3.8) is 0 Å². The van der Waals surface area contributed by atoms with Gasteiger partial charge in [-0.05, 0) is 43.5 Å². The molecule has 0 atom stereocenters. The predicted molar refractivity (Wildman–Crippen MR) is 74.3 cm³/mol. The van der Waals surface area contributed by atoms with Crippen molar-refractivity contribution in [3.05, 3.63) is 47.0 Å². The first-order valence-corrected chi connectivity index (χ1v) is 5.99. The second-order valence-corrected chi connectivity index (χ2v) is 4.56. The maximum Gasteiger partial charge on any atom is 0.125 e. The molecule has 2 nitrogen and oxygen atoms in total.